The van der Waals surface area contributed by atoms with Crippen LogP contribution in [0.15, 0.2) is 25.3 Å². The fourth-order valence-corrected chi connectivity index (χ4v) is 1.23. The fraction of sp³-hybridized carbons (Fsp3) is 0.600. The topological polar surface area (TPSA) is 0 Å². The van der Waals surface area contributed by atoms with Gasteiger partial charge >= 0.3 is 0 Å². The molecule has 0 aliphatic heterocycles. The van der Waals surface area contributed by atoms with Crippen molar-refractivity contribution in [1.29, 1.82) is 0 Å². The third-order valence-corrected chi connectivity index (χ3v) is 1.81. The highest BCUT2D eigenvalue weighted by molar-refractivity contribution is 4.94. The highest BCUT2D eigenvalue weighted by Gasteiger charge is 1.99. The lowest BCUT2D eigenvalue weighted by atomic mass is 10.1. The first-order valence-corrected chi connectivity index (χ1v) is 4.06. The maximum absolute atomic E-state index is 3.97. The van der Waals surface area contributed by atoms with E-state index in [0.717, 1.165) is 0 Å². The molecule has 0 heteroatoms. The molecule has 1 aliphatic carbocycles. The largest absolute Gasteiger partial charge is 0.106 e. The van der Waals surface area contributed by atoms with Crippen molar-refractivity contribution in [2.45, 2.75) is 38.5 Å². The molecular weight excluding hydrogens is 120 g/mol. The summed E-state index contributed by atoms with van der Waals surface area (Å²) in [6.45, 7) is 9.97. The number of allylic oxidation sites excluding steroid dienone is 1. The predicted octanol–water partition coefficient (Wildman–Crippen LogP) is 3.70. The molecule has 0 aromatic rings. The van der Waals surface area contributed by atoms with Crippen molar-refractivity contribution >= 4 is 0 Å². The molecule has 0 radical (unpaired) electrons. The van der Waals surface area contributed by atoms with Crippen LogP contribution < -0.4 is 0 Å². The third-order valence-electron chi connectivity index (χ3n) is 1.81. The molecule has 0 unspecified atom stereocenters. The van der Waals surface area contributed by atoms with Gasteiger partial charge in [0.2, 0.25) is 0 Å². The van der Waals surface area contributed by atoms with Crippen LogP contribution in [0.3, 0.4) is 0 Å². The molecule has 0 N–H and O–H groups in total. The highest BCUT2D eigenvalue weighted by Crippen LogP contribution is 2.19. The second-order valence-corrected chi connectivity index (χ2v) is 2.66. The minimum absolute atomic E-state index is 1.29. The van der Waals surface area contributed by atoms with Gasteiger partial charge in [0.1, 0.15) is 0 Å². The van der Waals surface area contributed by atoms with Crippen LogP contribution in [0.25, 0.3) is 0 Å². The minimum Gasteiger partial charge on any atom is -0.106 e. The molecule has 0 amide bonds. The van der Waals surface area contributed by atoms with E-state index in [9.17, 15) is 0 Å². The van der Waals surface area contributed by atoms with Crippen molar-refractivity contribution in [3.63, 3.8) is 0 Å². The molecular formula is C10H18. The molecule has 0 aromatic carbocycles. The Balaban J connectivity index is 0.000000371. The zero-order valence-corrected chi connectivity index (χ0v) is 6.86. The van der Waals surface area contributed by atoms with E-state index in [1.807, 2.05) is 0 Å². The van der Waals surface area contributed by atoms with Crippen LogP contribution in [-0.4, -0.2) is 0 Å². The molecule has 0 saturated heterocycles. The molecule has 0 aromatic heterocycles. The summed E-state index contributed by atoms with van der Waals surface area (Å²) in [6.07, 6.45) is 8.22. The smallest absolute Gasteiger partial charge is 0.0323 e. The van der Waals surface area contributed by atoms with Gasteiger partial charge in [0, 0.05) is 0 Å². The molecule has 0 spiro atoms. The van der Waals surface area contributed by atoms with Gasteiger partial charge in [-0.15, -0.1) is 13.2 Å². The van der Waals surface area contributed by atoms with Gasteiger partial charge in [-0.25, -0.2) is 0 Å². The summed E-state index contributed by atoms with van der Waals surface area (Å²) in [4.78, 5) is 0. The Morgan fingerprint density at radius 1 is 0.800 bits per heavy atom. The first-order chi connectivity index (χ1) is 4.89. The van der Waals surface area contributed by atoms with Gasteiger partial charge in [0.15, 0.2) is 0 Å². The molecule has 0 heterocycles. The Morgan fingerprint density at radius 3 is 1.60 bits per heavy atom. The van der Waals surface area contributed by atoms with Crippen molar-refractivity contribution in [2.75, 3.05) is 0 Å². The standard InChI is InChI=1S/C8H14.C2H4/c1-8-6-4-2-3-5-7-8;1-2/h1-7H2;1-2H2. The number of hydrogen-bond donors (Lipinski definition) is 0. The van der Waals surface area contributed by atoms with Gasteiger partial charge in [0.25, 0.3) is 0 Å². The lowest BCUT2D eigenvalue weighted by Crippen LogP contribution is -1.74. The normalized spacial score (nSPS) is 18.6. The van der Waals surface area contributed by atoms with Crippen LogP contribution >= 0.6 is 0 Å². The molecule has 10 heavy (non-hydrogen) atoms. The zero-order valence-electron chi connectivity index (χ0n) is 6.86. The van der Waals surface area contributed by atoms with Crippen LogP contribution in [0.1, 0.15) is 38.5 Å². The van der Waals surface area contributed by atoms with Gasteiger partial charge in [-0.3, -0.25) is 0 Å². The lowest BCUT2D eigenvalue weighted by Gasteiger charge is -1.94. The van der Waals surface area contributed by atoms with Gasteiger partial charge in [-0.2, -0.15) is 0 Å². The summed E-state index contributed by atoms with van der Waals surface area (Å²) in [5.74, 6) is 0. The van der Waals surface area contributed by atoms with Gasteiger partial charge in [-0.1, -0.05) is 25.0 Å². The van der Waals surface area contributed by atoms with Crippen LogP contribution in [-0.2, 0) is 0 Å². The summed E-state index contributed by atoms with van der Waals surface area (Å²) in [5, 5.41) is 0. The Kier molecular flexibility index (Phi) is 6.25. The molecule has 58 valence electrons. The number of rotatable bonds is 0. The molecule has 1 aliphatic rings. The first-order valence-electron chi connectivity index (χ1n) is 4.06. The summed E-state index contributed by atoms with van der Waals surface area (Å²) in [5.41, 5.74) is 1.47. The van der Waals surface area contributed by atoms with Gasteiger partial charge in [-0.05, 0) is 25.7 Å². The van der Waals surface area contributed by atoms with E-state index in [4.69, 9.17) is 0 Å². The molecule has 1 saturated carbocycles. The Bertz CT molecular complexity index is 82.2. The van der Waals surface area contributed by atoms with E-state index in [1.54, 1.807) is 0 Å². The minimum atomic E-state index is 1.29. The predicted molar refractivity (Wildman–Crippen MR) is 48.1 cm³/mol. The summed E-state index contributed by atoms with van der Waals surface area (Å²) < 4.78 is 0. The van der Waals surface area contributed by atoms with E-state index in [-0.39, 0.29) is 0 Å². The van der Waals surface area contributed by atoms with E-state index in [2.05, 4.69) is 19.7 Å². The monoisotopic (exact) mass is 138 g/mol. The fourth-order valence-electron chi connectivity index (χ4n) is 1.23. The van der Waals surface area contributed by atoms with E-state index >= 15 is 0 Å². The Morgan fingerprint density at radius 2 is 1.20 bits per heavy atom. The summed E-state index contributed by atoms with van der Waals surface area (Å²) >= 11 is 0. The zero-order chi connectivity index (χ0) is 7.82. The van der Waals surface area contributed by atoms with Crippen molar-refractivity contribution in [2.24, 2.45) is 0 Å². The lowest BCUT2D eigenvalue weighted by molar-refractivity contribution is 0.702. The molecule has 1 rings (SSSR count). The molecule has 1 fully saturated rings. The van der Waals surface area contributed by atoms with Gasteiger partial charge < -0.3 is 0 Å². The average Bonchev–Trinajstić information content (AvgIpc) is 2.21. The van der Waals surface area contributed by atoms with E-state index in [0.29, 0.717) is 0 Å². The van der Waals surface area contributed by atoms with Crippen LogP contribution in [0.4, 0.5) is 0 Å². The maximum atomic E-state index is 3.97. The highest BCUT2D eigenvalue weighted by atomic mass is 14.1. The Labute approximate surface area is 64.6 Å². The van der Waals surface area contributed by atoms with Crippen molar-refractivity contribution < 1.29 is 0 Å². The quantitative estimate of drug-likeness (QED) is 0.353. The number of hydrogen-bond acceptors (Lipinski definition) is 0. The van der Waals surface area contributed by atoms with Crippen LogP contribution in [0, 0.1) is 0 Å². The van der Waals surface area contributed by atoms with Crippen LogP contribution in [0.2, 0.25) is 0 Å². The van der Waals surface area contributed by atoms with Gasteiger partial charge in [0.05, 0.1) is 0 Å². The second kappa shape index (κ2) is 6.60. The van der Waals surface area contributed by atoms with Crippen molar-refractivity contribution in [3.8, 4) is 0 Å². The molecule has 0 nitrogen and oxygen atoms in total. The Hall–Kier alpha value is -0.520. The average molecular weight is 138 g/mol. The maximum Gasteiger partial charge on any atom is -0.0323 e. The summed E-state index contributed by atoms with van der Waals surface area (Å²) in [6, 6.07) is 0. The van der Waals surface area contributed by atoms with Crippen molar-refractivity contribution in [1.82, 2.24) is 0 Å². The molecule has 0 bridgehead atoms. The molecule has 0 atom stereocenters. The third kappa shape index (κ3) is 4.37. The first kappa shape index (κ1) is 9.48. The SMILES string of the molecule is C=C.C=C1CCCCCC1. The van der Waals surface area contributed by atoms with Crippen molar-refractivity contribution in [3.05, 3.63) is 25.3 Å². The van der Waals surface area contributed by atoms with E-state index in [1.165, 1.54) is 44.1 Å². The second-order valence-electron chi connectivity index (χ2n) is 2.66. The summed E-state index contributed by atoms with van der Waals surface area (Å²) in [7, 11) is 0. The van der Waals surface area contributed by atoms with E-state index < -0.39 is 0 Å². The van der Waals surface area contributed by atoms with Crippen LogP contribution in [0.5, 0.6) is 0 Å².